The van der Waals surface area contributed by atoms with E-state index in [1.807, 2.05) is 56.3 Å². The van der Waals surface area contributed by atoms with Crippen LogP contribution in [0.15, 0.2) is 48.5 Å². The largest absolute Gasteiger partial charge is 0.481 e. The van der Waals surface area contributed by atoms with Crippen LogP contribution in [-0.2, 0) is 0 Å². The van der Waals surface area contributed by atoms with Gasteiger partial charge >= 0.3 is 0 Å². The molecule has 1 atom stereocenters. The molecule has 0 fully saturated rings. The standard InChI is InChI=1S/C18H19NO/c1-14-10-11-18(17(13-14)15(2)19)20-12-6-9-16-7-4-3-5-8-16/h3-5,7-8,10-11,13,15H,12,19H2,1-2H3/t15-/m1/s1. The van der Waals surface area contributed by atoms with Crippen molar-refractivity contribution in [3.63, 3.8) is 0 Å². The lowest BCUT2D eigenvalue weighted by molar-refractivity contribution is 0.364. The summed E-state index contributed by atoms with van der Waals surface area (Å²) in [6.07, 6.45) is 0. The van der Waals surface area contributed by atoms with E-state index in [9.17, 15) is 0 Å². The first-order valence-electron chi connectivity index (χ1n) is 6.69. The fourth-order valence-electron chi connectivity index (χ4n) is 1.93. The predicted octanol–water partition coefficient (Wildman–Crippen LogP) is 3.45. The third-order valence-corrected chi connectivity index (χ3v) is 2.96. The van der Waals surface area contributed by atoms with Gasteiger partial charge in [0.1, 0.15) is 12.4 Å². The van der Waals surface area contributed by atoms with Crippen molar-refractivity contribution in [2.45, 2.75) is 19.9 Å². The molecule has 0 spiro atoms. The van der Waals surface area contributed by atoms with E-state index in [1.165, 1.54) is 5.56 Å². The van der Waals surface area contributed by atoms with E-state index in [2.05, 4.69) is 17.9 Å². The van der Waals surface area contributed by atoms with Crippen LogP contribution < -0.4 is 10.5 Å². The fraction of sp³-hybridized carbons (Fsp3) is 0.222. The molecule has 2 aromatic carbocycles. The van der Waals surface area contributed by atoms with Crippen molar-refractivity contribution < 1.29 is 4.74 Å². The first kappa shape index (κ1) is 14.2. The van der Waals surface area contributed by atoms with Crippen LogP contribution in [0.5, 0.6) is 5.75 Å². The topological polar surface area (TPSA) is 35.2 Å². The second-order valence-corrected chi connectivity index (χ2v) is 4.79. The first-order valence-corrected chi connectivity index (χ1v) is 6.69. The maximum atomic E-state index is 5.96. The van der Waals surface area contributed by atoms with Crippen LogP contribution in [0.25, 0.3) is 0 Å². The lowest BCUT2D eigenvalue weighted by Crippen LogP contribution is -2.08. The molecule has 0 heterocycles. The van der Waals surface area contributed by atoms with E-state index < -0.39 is 0 Å². The molecule has 2 N–H and O–H groups in total. The number of rotatable bonds is 3. The highest BCUT2D eigenvalue weighted by Crippen LogP contribution is 2.24. The normalized spacial score (nSPS) is 11.3. The van der Waals surface area contributed by atoms with Crippen LogP contribution in [0.4, 0.5) is 0 Å². The lowest BCUT2D eigenvalue weighted by atomic mass is 10.1. The highest BCUT2D eigenvalue weighted by Gasteiger charge is 2.07. The number of benzene rings is 2. The molecule has 2 rings (SSSR count). The summed E-state index contributed by atoms with van der Waals surface area (Å²) in [5.41, 5.74) is 9.16. The smallest absolute Gasteiger partial charge is 0.149 e. The van der Waals surface area contributed by atoms with Gasteiger partial charge in [0.25, 0.3) is 0 Å². The maximum absolute atomic E-state index is 5.96. The van der Waals surface area contributed by atoms with Crippen molar-refractivity contribution >= 4 is 0 Å². The van der Waals surface area contributed by atoms with E-state index in [4.69, 9.17) is 10.5 Å². The summed E-state index contributed by atoms with van der Waals surface area (Å²) in [6, 6.07) is 15.9. The van der Waals surface area contributed by atoms with Gasteiger partial charge in [0.15, 0.2) is 0 Å². The van der Waals surface area contributed by atoms with Crippen molar-refractivity contribution in [3.05, 3.63) is 65.2 Å². The van der Waals surface area contributed by atoms with Crippen LogP contribution in [0, 0.1) is 18.8 Å². The van der Waals surface area contributed by atoms with Crippen LogP contribution >= 0.6 is 0 Å². The van der Waals surface area contributed by atoms with Crippen molar-refractivity contribution in [1.29, 1.82) is 0 Å². The SMILES string of the molecule is Cc1ccc(OCC#Cc2ccccc2)c([C@@H](C)N)c1. The van der Waals surface area contributed by atoms with E-state index in [0.717, 1.165) is 16.9 Å². The zero-order valence-corrected chi connectivity index (χ0v) is 11.9. The van der Waals surface area contributed by atoms with E-state index >= 15 is 0 Å². The van der Waals surface area contributed by atoms with Gasteiger partial charge in [-0.15, -0.1) is 0 Å². The van der Waals surface area contributed by atoms with E-state index in [-0.39, 0.29) is 6.04 Å². The Labute approximate surface area is 120 Å². The molecule has 2 nitrogen and oxygen atoms in total. The molecule has 2 heteroatoms. The number of hydrogen-bond acceptors (Lipinski definition) is 2. The average molecular weight is 265 g/mol. The predicted molar refractivity (Wildman–Crippen MR) is 82.6 cm³/mol. The van der Waals surface area contributed by atoms with Gasteiger partial charge in [-0.3, -0.25) is 0 Å². The van der Waals surface area contributed by atoms with Crippen LogP contribution in [0.1, 0.15) is 29.7 Å². The minimum Gasteiger partial charge on any atom is -0.481 e. The highest BCUT2D eigenvalue weighted by atomic mass is 16.5. The van der Waals surface area contributed by atoms with Crippen LogP contribution in [0.2, 0.25) is 0 Å². The van der Waals surface area contributed by atoms with Gasteiger partial charge < -0.3 is 10.5 Å². The van der Waals surface area contributed by atoms with Crippen molar-refractivity contribution in [2.24, 2.45) is 5.73 Å². The molecule has 0 radical (unpaired) electrons. The van der Waals surface area contributed by atoms with Gasteiger partial charge in [0, 0.05) is 17.2 Å². The Balaban J connectivity index is 2.03. The average Bonchev–Trinajstić information content (AvgIpc) is 2.45. The third-order valence-electron chi connectivity index (χ3n) is 2.96. The molecule has 0 bridgehead atoms. The summed E-state index contributed by atoms with van der Waals surface area (Å²) < 4.78 is 5.72. The molecule has 0 aliphatic heterocycles. The fourth-order valence-corrected chi connectivity index (χ4v) is 1.93. The first-order chi connectivity index (χ1) is 9.66. The number of aryl methyl sites for hydroxylation is 1. The summed E-state index contributed by atoms with van der Waals surface area (Å²) in [6.45, 7) is 4.36. The summed E-state index contributed by atoms with van der Waals surface area (Å²) in [5.74, 6) is 6.90. The molecular formula is C18H19NO. The van der Waals surface area contributed by atoms with Crippen molar-refractivity contribution in [1.82, 2.24) is 0 Å². The number of nitrogens with two attached hydrogens (primary N) is 1. The van der Waals surface area contributed by atoms with Gasteiger partial charge in [-0.05, 0) is 32.0 Å². The molecule has 0 aromatic heterocycles. The Morgan fingerprint density at radius 3 is 2.60 bits per heavy atom. The van der Waals surface area contributed by atoms with Gasteiger partial charge in [0.2, 0.25) is 0 Å². The molecule has 20 heavy (non-hydrogen) atoms. The summed E-state index contributed by atoms with van der Waals surface area (Å²) in [4.78, 5) is 0. The third kappa shape index (κ3) is 3.88. The Bertz CT molecular complexity index is 621. The van der Waals surface area contributed by atoms with Gasteiger partial charge in [-0.25, -0.2) is 0 Å². The minimum atomic E-state index is -0.0491. The molecule has 0 saturated carbocycles. The van der Waals surface area contributed by atoms with Crippen molar-refractivity contribution in [2.75, 3.05) is 6.61 Å². The molecule has 0 aliphatic carbocycles. The molecule has 2 aromatic rings. The molecule has 0 amide bonds. The van der Waals surface area contributed by atoms with E-state index in [1.54, 1.807) is 0 Å². The van der Waals surface area contributed by atoms with Crippen LogP contribution in [0.3, 0.4) is 0 Å². The quantitative estimate of drug-likeness (QED) is 0.863. The van der Waals surface area contributed by atoms with Crippen molar-refractivity contribution in [3.8, 4) is 17.6 Å². The highest BCUT2D eigenvalue weighted by molar-refractivity contribution is 5.39. The minimum absolute atomic E-state index is 0.0491. The lowest BCUT2D eigenvalue weighted by Gasteiger charge is -2.13. The monoisotopic (exact) mass is 265 g/mol. The summed E-state index contributed by atoms with van der Waals surface area (Å²) in [5, 5.41) is 0. The molecule has 0 aliphatic rings. The zero-order valence-electron chi connectivity index (χ0n) is 11.9. The Morgan fingerprint density at radius 1 is 1.15 bits per heavy atom. The van der Waals surface area contributed by atoms with Gasteiger partial charge in [0.05, 0.1) is 0 Å². The maximum Gasteiger partial charge on any atom is 0.149 e. The van der Waals surface area contributed by atoms with Crippen LogP contribution in [-0.4, -0.2) is 6.61 Å². The van der Waals surface area contributed by atoms with Gasteiger partial charge in [-0.1, -0.05) is 47.7 Å². The molecule has 102 valence electrons. The zero-order chi connectivity index (χ0) is 14.4. The summed E-state index contributed by atoms with van der Waals surface area (Å²) >= 11 is 0. The Morgan fingerprint density at radius 2 is 1.90 bits per heavy atom. The van der Waals surface area contributed by atoms with Gasteiger partial charge in [-0.2, -0.15) is 0 Å². The second-order valence-electron chi connectivity index (χ2n) is 4.79. The van der Waals surface area contributed by atoms with E-state index in [0.29, 0.717) is 6.61 Å². The Hall–Kier alpha value is -2.24. The Kier molecular flexibility index (Phi) is 4.81. The molecular weight excluding hydrogens is 246 g/mol. The number of ether oxygens (including phenoxy) is 1. The molecule has 0 saturated heterocycles. The molecule has 0 unspecified atom stereocenters. The second kappa shape index (κ2) is 6.79. The summed E-state index contributed by atoms with van der Waals surface area (Å²) in [7, 11) is 0. The number of hydrogen-bond donors (Lipinski definition) is 1.